The third kappa shape index (κ3) is 2.62. The Morgan fingerprint density at radius 3 is 2.32 bits per heavy atom. The summed E-state index contributed by atoms with van der Waals surface area (Å²) in [4.78, 5) is 2.10. The lowest BCUT2D eigenvalue weighted by atomic mass is 10.1. The van der Waals surface area contributed by atoms with Gasteiger partial charge in [-0.25, -0.2) is 0 Å². The fourth-order valence-corrected chi connectivity index (χ4v) is 2.10. The molecule has 0 aliphatic rings. The van der Waals surface area contributed by atoms with Gasteiger partial charge in [0.05, 0.1) is 0 Å². The van der Waals surface area contributed by atoms with E-state index in [1.807, 2.05) is 21.0 Å². The van der Waals surface area contributed by atoms with E-state index in [-0.39, 0.29) is 0 Å². The van der Waals surface area contributed by atoms with E-state index in [2.05, 4.69) is 57.8 Å². The van der Waals surface area contributed by atoms with Crippen molar-refractivity contribution in [2.75, 3.05) is 19.0 Å². The Kier molecular flexibility index (Phi) is 3.88. The number of hydrogen-bond donors (Lipinski definition) is 0. The monoisotopic (exact) mass is 258 g/mol. The van der Waals surface area contributed by atoms with Crippen LogP contribution in [0.5, 0.6) is 0 Å². The van der Waals surface area contributed by atoms with Crippen molar-refractivity contribution < 1.29 is 0 Å². The van der Waals surface area contributed by atoms with Crippen molar-refractivity contribution >= 4 is 5.69 Å². The van der Waals surface area contributed by atoms with Crippen molar-refractivity contribution in [2.24, 2.45) is 0 Å². The number of benzene rings is 1. The van der Waals surface area contributed by atoms with Crippen molar-refractivity contribution in [1.29, 1.82) is 0 Å². The normalized spacial score (nSPS) is 12.5. The predicted octanol–water partition coefficient (Wildman–Crippen LogP) is 3.16. The van der Waals surface area contributed by atoms with Gasteiger partial charge >= 0.3 is 0 Å². The third-order valence-corrected chi connectivity index (χ3v) is 3.53. The average molecular weight is 258 g/mol. The summed E-state index contributed by atoms with van der Waals surface area (Å²) in [6.07, 6.45) is 1.06. The van der Waals surface area contributed by atoms with E-state index < -0.39 is 0 Å². The van der Waals surface area contributed by atoms with Crippen LogP contribution in [0.3, 0.4) is 0 Å². The Bertz CT molecular complexity index is 540. The quantitative estimate of drug-likeness (QED) is 0.844. The van der Waals surface area contributed by atoms with Crippen LogP contribution in [-0.2, 0) is 0 Å². The maximum Gasteiger partial charge on any atom is 0.140 e. The summed E-state index contributed by atoms with van der Waals surface area (Å²) in [5.74, 6) is 2.39. The molecule has 1 unspecified atom stereocenters. The number of aromatic nitrogens is 3. The molecule has 2 rings (SSSR count). The van der Waals surface area contributed by atoms with Gasteiger partial charge in [0.25, 0.3) is 0 Å². The van der Waals surface area contributed by atoms with Crippen molar-refractivity contribution in [2.45, 2.75) is 33.1 Å². The Labute approximate surface area is 115 Å². The largest absolute Gasteiger partial charge is 0.378 e. The van der Waals surface area contributed by atoms with Gasteiger partial charge in [-0.1, -0.05) is 13.8 Å². The molecule has 0 spiro atoms. The minimum Gasteiger partial charge on any atom is -0.378 e. The van der Waals surface area contributed by atoms with E-state index in [1.54, 1.807) is 0 Å². The van der Waals surface area contributed by atoms with Crippen LogP contribution in [0, 0.1) is 6.92 Å². The smallest absolute Gasteiger partial charge is 0.140 e. The summed E-state index contributed by atoms with van der Waals surface area (Å²) in [5, 5.41) is 8.55. The maximum absolute atomic E-state index is 4.32. The second kappa shape index (κ2) is 5.43. The topological polar surface area (TPSA) is 34.0 Å². The Balaban J connectivity index is 2.43. The summed E-state index contributed by atoms with van der Waals surface area (Å²) < 4.78 is 2.15. The van der Waals surface area contributed by atoms with E-state index in [0.29, 0.717) is 5.92 Å². The van der Waals surface area contributed by atoms with Gasteiger partial charge in [-0.2, -0.15) is 0 Å². The van der Waals surface area contributed by atoms with Crippen molar-refractivity contribution in [1.82, 2.24) is 14.8 Å². The molecule has 0 fully saturated rings. The fourth-order valence-electron chi connectivity index (χ4n) is 2.10. The molecule has 1 heterocycles. The number of nitrogens with zero attached hydrogens (tertiary/aromatic N) is 4. The first-order chi connectivity index (χ1) is 9.04. The zero-order valence-corrected chi connectivity index (χ0v) is 12.4. The Hall–Kier alpha value is -1.84. The van der Waals surface area contributed by atoms with Crippen LogP contribution < -0.4 is 4.90 Å². The Morgan fingerprint density at radius 2 is 1.79 bits per heavy atom. The zero-order valence-electron chi connectivity index (χ0n) is 12.4. The van der Waals surface area contributed by atoms with E-state index in [4.69, 9.17) is 0 Å². The van der Waals surface area contributed by atoms with Crippen molar-refractivity contribution in [3.63, 3.8) is 0 Å². The van der Waals surface area contributed by atoms with E-state index >= 15 is 0 Å². The summed E-state index contributed by atoms with van der Waals surface area (Å²) in [6.45, 7) is 6.36. The lowest BCUT2D eigenvalue weighted by molar-refractivity contribution is 0.659. The van der Waals surface area contributed by atoms with E-state index in [9.17, 15) is 0 Å². The minimum atomic E-state index is 0.412. The summed E-state index contributed by atoms with van der Waals surface area (Å²) in [6, 6.07) is 8.49. The van der Waals surface area contributed by atoms with Gasteiger partial charge in [-0.3, -0.25) is 4.57 Å². The van der Waals surface area contributed by atoms with Gasteiger partial charge in [0.2, 0.25) is 0 Å². The van der Waals surface area contributed by atoms with Crippen LogP contribution in [0.1, 0.15) is 37.8 Å². The average Bonchev–Trinajstić information content (AvgIpc) is 2.80. The number of anilines is 1. The predicted molar refractivity (Wildman–Crippen MR) is 79.1 cm³/mol. The third-order valence-electron chi connectivity index (χ3n) is 3.53. The molecule has 0 amide bonds. The van der Waals surface area contributed by atoms with Crippen molar-refractivity contribution in [3.05, 3.63) is 35.9 Å². The first kappa shape index (κ1) is 13.6. The molecule has 0 bridgehead atoms. The molecule has 0 aliphatic carbocycles. The SMILES string of the molecule is CCC(C)c1nnc(C)n1-c1ccc(N(C)C)cc1. The van der Waals surface area contributed by atoms with Gasteiger partial charge in [0, 0.05) is 31.4 Å². The van der Waals surface area contributed by atoms with Crippen LogP contribution in [0.25, 0.3) is 5.69 Å². The highest BCUT2D eigenvalue weighted by Gasteiger charge is 2.15. The lowest BCUT2D eigenvalue weighted by Crippen LogP contribution is -2.09. The minimum absolute atomic E-state index is 0.412. The summed E-state index contributed by atoms with van der Waals surface area (Å²) in [5.41, 5.74) is 2.32. The second-order valence-electron chi connectivity index (χ2n) is 5.16. The molecule has 1 atom stereocenters. The van der Waals surface area contributed by atoms with Gasteiger partial charge in [0.15, 0.2) is 0 Å². The molecule has 102 valence electrons. The lowest BCUT2D eigenvalue weighted by Gasteiger charge is -2.15. The van der Waals surface area contributed by atoms with Gasteiger partial charge in [0.1, 0.15) is 11.6 Å². The summed E-state index contributed by atoms with van der Waals surface area (Å²) >= 11 is 0. The molecule has 2 aromatic rings. The second-order valence-corrected chi connectivity index (χ2v) is 5.16. The van der Waals surface area contributed by atoms with Gasteiger partial charge in [-0.15, -0.1) is 10.2 Å². The molecular formula is C15H22N4. The molecule has 0 saturated carbocycles. The maximum atomic E-state index is 4.32. The first-order valence-corrected chi connectivity index (χ1v) is 6.74. The molecule has 1 aromatic heterocycles. The number of hydrogen-bond acceptors (Lipinski definition) is 3. The standard InChI is InChI=1S/C15H22N4/c1-6-11(2)15-17-16-12(3)19(15)14-9-7-13(8-10-14)18(4)5/h7-11H,6H2,1-5H3. The number of rotatable bonds is 4. The van der Waals surface area contributed by atoms with Crippen LogP contribution in [0.2, 0.25) is 0 Å². The van der Waals surface area contributed by atoms with Crippen LogP contribution in [0.4, 0.5) is 5.69 Å². The zero-order chi connectivity index (χ0) is 14.0. The molecule has 19 heavy (non-hydrogen) atoms. The molecular weight excluding hydrogens is 236 g/mol. The molecule has 0 saturated heterocycles. The van der Waals surface area contributed by atoms with Crippen molar-refractivity contribution in [3.8, 4) is 5.69 Å². The molecule has 0 aliphatic heterocycles. The van der Waals surface area contributed by atoms with E-state index in [0.717, 1.165) is 23.8 Å². The fraction of sp³-hybridized carbons (Fsp3) is 0.467. The molecule has 0 N–H and O–H groups in total. The highest BCUT2D eigenvalue weighted by atomic mass is 15.3. The summed E-state index contributed by atoms with van der Waals surface area (Å²) in [7, 11) is 4.09. The van der Waals surface area contributed by atoms with Crippen LogP contribution in [-0.4, -0.2) is 28.9 Å². The van der Waals surface area contributed by atoms with Crippen LogP contribution >= 0.6 is 0 Å². The molecule has 4 nitrogen and oxygen atoms in total. The Morgan fingerprint density at radius 1 is 1.16 bits per heavy atom. The van der Waals surface area contributed by atoms with Gasteiger partial charge in [-0.05, 0) is 37.6 Å². The van der Waals surface area contributed by atoms with Crippen LogP contribution in [0.15, 0.2) is 24.3 Å². The molecule has 0 radical (unpaired) electrons. The van der Waals surface area contributed by atoms with Gasteiger partial charge < -0.3 is 4.90 Å². The highest BCUT2D eigenvalue weighted by molar-refractivity contribution is 5.50. The molecule has 1 aromatic carbocycles. The van der Waals surface area contributed by atoms with E-state index in [1.165, 1.54) is 5.69 Å². The highest BCUT2D eigenvalue weighted by Crippen LogP contribution is 2.23. The molecule has 4 heteroatoms. The number of aryl methyl sites for hydroxylation is 1. The first-order valence-electron chi connectivity index (χ1n) is 6.74.